The number of aromatic hydroxyl groups is 1. The third-order valence-corrected chi connectivity index (χ3v) is 9.19. The van der Waals surface area contributed by atoms with E-state index in [1.54, 1.807) is 18.2 Å². The van der Waals surface area contributed by atoms with Crippen molar-refractivity contribution in [3.8, 4) is 11.5 Å². The van der Waals surface area contributed by atoms with Crippen molar-refractivity contribution >= 4 is 12.0 Å². The first-order chi connectivity index (χ1) is 23.8. The number of nitrogens with one attached hydrogen (secondary N) is 1. The molecule has 0 spiro atoms. The zero-order chi connectivity index (χ0) is 34.6. The molecule has 0 saturated carbocycles. The number of allylic oxidation sites excluding steroid dienone is 1. The van der Waals surface area contributed by atoms with Crippen LogP contribution < -0.4 is 15.8 Å². The second kappa shape index (κ2) is 17.9. The van der Waals surface area contributed by atoms with Crippen molar-refractivity contribution in [1.82, 2.24) is 10.2 Å². The lowest BCUT2D eigenvalue weighted by molar-refractivity contribution is -0.121. The second-order valence-electron chi connectivity index (χ2n) is 13.0. The van der Waals surface area contributed by atoms with Gasteiger partial charge in [0.1, 0.15) is 5.78 Å². The number of nitrogens with two attached hydrogens (primary N) is 1. The summed E-state index contributed by atoms with van der Waals surface area (Å²) in [4.78, 5) is 19.1. The normalized spacial score (nSPS) is 15.0. The van der Waals surface area contributed by atoms with Crippen LogP contribution in [0.5, 0.6) is 11.5 Å². The van der Waals surface area contributed by atoms with Crippen molar-refractivity contribution in [2.45, 2.75) is 83.6 Å². The zero-order valence-corrected chi connectivity index (χ0v) is 28.5. The number of ketones is 1. The monoisotopic (exact) mass is 666 g/mol. The smallest absolute Gasteiger partial charge is 0.163 e. The van der Waals surface area contributed by atoms with Gasteiger partial charge in [-0.15, -0.1) is 0 Å². The van der Waals surface area contributed by atoms with Crippen LogP contribution in [0.4, 0.5) is 0 Å². The Bertz CT molecular complexity index is 1650. The van der Waals surface area contributed by atoms with Crippen molar-refractivity contribution < 1.29 is 24.9 Å². The van der Waals surface area contributed by atoms with Crippen LogP contribution in [0.15, 0.2) is 94.8 Å². The highest BCUT2D eigenvalue weighted by atomic mass is 16.5. The average molecular weight is 667 g/mol. The average Bonchev–Trinajstić information content (AvgIpc) is 3.69. The number of phenolic OH excluding ortho intramolecular Hbond substituents is 1. The van der Waals surface area contributed by atoms with Crippen molar-refractivity contribution in [3.63, 3.8) is 0 Å². The number of hydrogen-bond donors (Lipinski definition) is 5. The molecule has 0 fully saturated rings. The molecule has 9 nitrogen and oxygen atoms in total. The van der Waals surface area contributed by atoms with Crippen LogP contribution in [-0.4, -0.2) is 58.1 Å². The van der Waals surface area contributed by atoms with Crippen LogP contribution in [0, 0.1) is 0 Å². The van der Waals surface area contributed by atoms with Gasteiger partial charge >= 0.3 is 0 Å². The molecule has 2 atom stereocenters. The number of aliphatic hydroxyl groups excluding tert-OH is 2. The van der Waals surface area contributed by atoms with Gasteiger partial charge < -0.3 is 30.7 Å². The maximum absolute atomic E-state index is 12.4. The van der Waals surface area contributed by atoms with Crippen LogP contribution in [0.2, 0.25) is 0 Å². The van der Waals surface area contributed by atoms with Crippen molar-refractivity contribution in [1.29, 1.82) is 0 Å². The Balaban J connectivity index is 1.14. The predicted molar refractivity (Wildman–Crippen MR) is 193 cm³/mol. The van der Waals surface area contributed by atoms with Gasteiger partial charge in [-0.25, -0.2) is 0 Å². The Morgan fingerprint density at radius 1 is 1.04 bits per heavy atom. The van der Waals surface area contributed by atoms with E-state index in [0.29, 0.717) is 38.0 Å². The molecule has 0 aliphatic carbocycles. The van der Waals surface area contributed by atoms with E-state index < -0.39 is 6.10 Å². The number of benzene rings is 3. The number of unbranched alkanes of at least 4 members (excludes halogenated alkanes) is 2. The molecular weight excluding hydrogens is 616 g/mol. The molecule has 6 N–H and O–H groups in total. The van der Waals surface area contributed by atoms with Gasteiger partial charge in [-0.05, 0) is 71.2 Å². The second-order valence-corrected chi connectivity index (χ2v) is 13.0. The van der Waals surface area contributed by atoms with E-state index in [2.05, 4.69) is 35.4 Å². The summed E-state index contributed by atoms with van der Waals surface area (Å²) in [5.74, 6) is 0.432. The van der Waals surface area contributed by atoms with Gasteiger partial charge in [-0.3, -0.25) is 15.1 Å². The Morgan fingerprint density at radius 3 is 2.67 bits per heavy atom. The first-order valence-corrected chi connectivity index (χ1v) is 17.4. The van der Waals surface area contributed by atoms with E-state index in [9.17, 15) is 20.1 Å². The number of ether oxygens (including phenoxy) is 1. The standard InChI is InChI=1S/C40H50N4O5/c1-2-3-5-10-34(46)22-35(47)15-11-29-12-16-38(48)39(19-29)49-27-44-24-36-33(23-43-37(36)25-44)21-32-20-30(13-14-31(32)26-45)40(41)42-18-17-28-8-6-4-7-9-28/h4,6-9,12-14,16,19-20,23,25,34,40,42,45-46,48H,2-3,5,10-11,15,17-18,21-22,24,26-27,41H2,1H3. The minimum Gasteiger partial charge on any atom is -0.504 e. The number of aliphatic hydroxyl groups is 2. The lowest BCUT2D eigenvalue weighted by Gasteiger charge is -2.19. The van der Waals surface area contributed by atoms with E-state index in [1.165, 1.54) is 5.56 Å². The molecule has 0 radical (unpaired) electrons. The molecule has 2 aliphatic heterocycles. The third-order valence-electron chi connectivity index (χ3n) is 9.19. The van der Waals surface area contributed by atoms with Gasteiger partial charge in [-0.2, -0.15) is 0 Å². The molecule has 0 saturated heterocycles. The maximum Gasteiger partial charge on any atom is 0.163 e. The molecule has 0 amide bonds. The highest BCUT2D eigenvalue weighted by molar-refractivity contribution is 5.87. The lowest BCUT2D eigenvalue weighted by atomic mass is 9.95. The summed E-state index contributed by atoms with van der Waals surface area (Å²) in [6.07, 6.45) is 9.21. The van der Waals surface area contributed by atoms with Crippen molar-refractivity contribution in [2.75, 3.05) is 19.8 Å². The number of aliphatic imine (C=N–C) groups is 1. The van der Waals surface area contributed by atoms with Crippen LogP contribution >= 0.6 is 0 Å². The van der Waals surface area contributed by atoms with Gasteiger partial charge in [-0.1, -0.05) is 80.8 Å². The first-order valence-electron chi connectivity index (χ1n) is 17.4. The zero-order valence-electron chi connectivity index (χ0n) is 28.5. The Hall–Kier alpha value is -4.28. The number of aryl methyl sites for hydroxylation is 1. The molecule has 0 aromatic heterocycles. The molecule has 49 heavy (non-hydrogen) atoms. The number of hydrogen-bond acceptors (Lipinski definition) is 9. The molecule has 0 bridgehead atoms. The lowest BCUT2D eigenvalue weighted by Crippen LogP contribution is -2.30. The fraction of sp³-hybridized carbons (Fsp3) is 0.400. The fourth-order valence-electron chi connectivity index (χ4n) is 6.28. The summed E-state index contributed by atoms with van der Waals surface area (Å²) < 4.78 is 6.02. The molecule has 3 aromatic rings. The van der Waals surface area contributed by atoms with Crippen molar-refractivity contribution in [2.24, 2.45) is 10.7 Å². The fourth-order valence-corrected chi connectivity index (χ4v) is 6.28. The number of nitrogens with zero attached hydrogens (tertiary/aromatic N) is 2. The van der Waals surface area contributed by atoms with Crippen LogP contribution in [0.25, 0.3) is 0 Å². The summed E-state index contributed by atoms with van der Waals surface area (Å²) in [5, 5.41) is 34.1. The minimum absolute atomic E-state index is 0.0376. The van der Waals surface area contributed by atoms with Gasteiger partial charge in [0.05, 0.1) is 24.6 Å². The SMILES string of the molecule is CCCCCC(O)CC(=O)CCc1ccc(O)c(OCN2C=C3N=CC(Cc4cc(C(N)NCCc5ccccc5)ccc4CO)=C3C2)c1. The van der Waals surface area contributed by atoms with Crippen LogP contribution in [-0.2, 0) is 30.7 Å². The molecule has 260 valence electrons. The largest absolute Gasteiger partial charge is 0.504 e. The molecular formula is C40H50N4O5. The summed E-state index contributed by atoms with van der Waals surface area (Å²) in [6.45, 7) is 3.63. The number of Topliss-reactive ketones (excluding diaryl/α,β-unsaturated/α-hetero) is 1. The topological polar surface area (TPSA) is 141 Å². The summed E-state index contributed by atoms with van der Waals surface area (Å²) in [7, 11) is 0. The third kappa shape index (κ3) is 10.4. The van der Waals surface area contributed by atoms with Gasteiger partial charge in [0.25, 0.3) is 0 Å². The molecule has 3 aromatic carbocycles. The molecule has 5 rings (SSSR count). The summed E-state index contributed by atoms with van der Waals surface area (Å²) in [5.41, 5.74) is 14.6. The molecule has 2 heterocycles. The van der Waals surface area contributed by atoms with E-state index in [4.69, 9.17) is 10.5 Å². The first kappa shape index (κ1) is 36.0. The quantitative estimate of drug-likeness (QED) is 0.0773. The number of carbonyl (C=O) groups excluding carboxylic acids is 1. The molecule has 2 aliphatic rings. The number of phenols is 1. The van der Waals surface area contributed by atoms with E-state index >= 15 is 0 Å². The number of carbonyl (C=O) groups is 1. The van der Waals surface area contributed by atoms with Crippen LogP contribution in [0.3, 0.4) is 0 Å². The number of rotatable bonds is 20. The van der Waals surface area contributed by atoms with E-state index in [1.807, 2.05) is 47.6 Å². The maximum atomic E-state index is 12.4. The summed E-state index contributed by atoms with van der Waals surface area (Å²) >= 11 is 0. The van der Waals surface area contributed by atoms with Crippen LogP contribution in [0.1, 0.15) is 79.4 Å². The highest BCUT2D eigenvalue weighted by Crippen LogP contribution is 2.33. The van der Waals surface area contributed by atoms with Gasteiger partial charge in [0.2, 0.25) is 0 Å². The van der Waals surface area contributed by atoms with Gasteiger partial charge in [0.15, 0.2) is 18.2 Å². The minimum atomic E-state index is -0.579. The van der Waals surface area contributed by atoms with Crippen molar-refractivity contribution in [3.05, 3.63) is 118 Å². The van der Waals surface area contributed by atoms with E-state index in [0.717, 1.165) is 71.3 Å². The summed E-state index contributed by atoms with van der Waals surface area (Å²) in [6, 6.07) is 21.5. The highest BCUT2D eigenvalue weighted by Gasteiger charge is 2.26. The predicted octanol–water partition coefficient (Wildman–Crippen LogP) is 5.62. The van der Waals surface area contributed by atoms with Gasteiger partial charge in [0, 0.05) is 43.9 Å². The van der Waals surface area contributed by atoms with E-state index in [-0.39, 0.29) is 37.5 Å². The molecule has 2 unspecified atom stereocenters. The molecule has 9 heteroatoms. The Morgan fingerprint density at radius 2 is 1.88 bits per heavy atom. The Kier molecular flexibility index (Phi) is 13.2. The number of fused-ring (bicyclic) bond motifs is 1. The Labute approximate surface area is 289 Å².